The number of ether oxygens (including phenoxy) is 1. The molecular formula is C26H31N3O5S2. The van der Waals surface area contributed by atoms with Crippen LogP contribution < -0.4 is 4.80 Å². The third-order valence-corrected chi connectivity index (χ3v) is 9.40. The number of sulfonamides is 1. The van der Waals surface area contributed by atoms with Gasteiger partial charge < -0.3 is 9.30 Å². The molecule has 0 saturated carbocycles. The number of aryl methyl sites for hydroxylation is 2. The number of nitrogens with zero attached hydrogens (tertiary/aromatic N) is 3. The van der Waals surface area contributed by atoms with Crippen molar-refractivity contribution in [1.82, 2.24) is 8.87 Å². The minimum absolute atomic E-state index is 0.0463. The van der Waals surface area contributed by atoms with E-state index in [1.54, 1.807) is 11.5 Å². The number of benzene rings is 2. The van der Waals surface area contributed by atoms with Crippen molar-refractivity contribution in [2.45, 2.75) is 64.4 Å². The van der Waals surface area contributed by atoms with Crippen molar-refractivity contribution in [3.05, 3.63) is 57.9 Å². The highest BCUT2D eigenvalue weighted by Gasteiger charge is 2.31. The number of hydrogen-bond acceptors (Lipinski definition) is 6. The maximum Gasteiger partial charge on any atom is 0.326 e. The van der Waals surface area contributed by atoms with Gasteiger partial charge >= 0.3 is 5.97 Å². The zero-order valence-corrected chi connectivity index (χ0v) is 22.6. The smallest absolute Gasteiger partial charge is 0.326 e. The van der Waals surface area contributed by atoms with E-state index in [4.69, 9.17) is 4.74 Å². The first-order valence-corrected chi connectivity index (χ1v) is 14.3. The van der Waals surface area contributed by atoms with E-state index >= 15 is 0 Å². The second-order valence-electron chi connectivity index (χ2n) is 9.11. The molecule has 8 nitrogen and oxygen atoms in total. The molecule has 192 valence electrons. The van der Waals surface area contributed by atoms with Crippen LogP contribution in [0.1, 0.15) is 54.6 Å². The van der Waals surface area contributed by atoms with Gasteiger partial charge in [-0.25, -0.2) is 8.42 Å². The van der Waals surface area contributed by atoms with Crippen LogP contribution in [-0.4, -0.2) is 48.4 Å². The van der Waals surface area contributed by atoms with Crippen molar-refractivity contribution in [3.63, 3.8) is 0 Å². The molecule has 0 N–H and O–H groups in total. The van der Waals surface area contributed by atoms with Crippen molar-refractivity contribution in [3.8, 4) is 0 Å². The van der Waals surface area contributed by atoms with Crippen LogP contribution in [0.25, 0.3) is 10.2 Å². The van der Waals surface area contributed by atoms with Gasteiger partial charge in [0, 0.05) is 18.2 Å². The molecule has 1 atom stereocenters. The molecule has 0 bridgehead atoms. The summed E-state index contributed by atoms with van der Waals surface area (Å²) >= 11 is 1.33. The highest BCUT2D eigenvalue weighted by molar-refractivity contribution is 7.89. The number of esters is 1. The van der Waals surface area contributed by atoms with Crippen LogP contribution >= 0.6 is 11.3 Å². The summed E-state index contributed by atoms with van der Waals surface area (Å²) in [6, 6.07) is 9.88. The van der Waals surface area contributed by atoms with Crippen LogP contribution in [0.4, 0.5) is 0 Å². The molecule has 1 saturated heterocycles. The SMILES string of the molecule is CCOC(=O)Cn1c(=NC(=O)c2ccc(S(=O)(=O)N3CCCCC3C)cc2)sc2cc(C)cc(C)c21. The van der Waals surface area contributed by atoms with Crippen molar-refractivity contribution in [2.75, 3.05) is 13.2 Å². The van der Waals surface area contributed by atoms with Crippen molar-refractivity contribution >= 4 is 43.5 Å². The lowest BCUT2D eigenvalue weighted by molar-refractivity contribution is -0.143. The van der Waals surface area contributed by atoms with E-state index in [0.717, 1.165) is 40.6 Å². The molecule has 1 amide bonds. The minimum Gasteiger partial charge on any atom is -0.465 e. The number of rotatable bonds is 6. The van der Waals surface area contributed by atoms with Crippen LogP contribution in [0.2, 0.25) is 0 Å². The van der Waals surface area contributed by atoms with E-state index in [0.29, 0.717) is 11.3 Å². The second-order valence-corrected chi connectivity index (χ2v) is 12.0. The van der Waals surface area contributed by atoms with E-state index in [2.05, 4.69) is 4.99 Å². The summed E-state index contributed by atoms with van der Waals surface area (Å²) in [6.45, 7) is 8.32. The Morgan fingerprint density at radius 2 is 1.86 bits per heavy atom. The zero-order valence-electron chi connectivity index (χ0n) is 21.0. The number of carbonyl (C=O) groups is 2. The summed E-state index contributed by atoms with van der Waals surface area (Å²) in [7, 11) is -3.63. The van der Waals surface area contributed by atoms with E-state index in [1.807, 2.05) is 32.9 Å². The number of piperidine rings is 1. The van der Waals surface area contributed by atoms with Gasteiger partial charge in [0.15, 0.2) is 4.80 Å². The van der Waals surface area contributed by atoms with Crippen LogP contribution in [0.3, 0.4) is 0 Å². The normalized spacial score (nSPS) is 17.4. The van der Waals surface area contributed by atoms with E-state index < -0.39 is 21.9 Å². The molecule has 1 aliphatic heterocycles. The first-order valence-electron chi connectivity index (χ1n) is 12.1. The molecule has 10 heteroatoms. The minimum atomic E-state index is -3.63. The lowest BCUT2D eigenvalue weighted by Crippen LogP contribution is -2.41. The lowest BCUT2D eigenvalue weighted by atomic mass is 10.1. The Morgan fingerprint density at radius 3 is 2.53 bits per heavy atom. The second kappa shape index (κ2) is 10.7. The first kappa shape index (κ1) is 26.2. The number of carbonyl (C=O) groups excluding carboxylic acids is 2. The Kier molecular flexibility index (Phi) is 7.77. The fourth-order valence-corrected chi connectivity index (χ4v) is 7.55. The van der Waals surface area contributed by atoms with Crippen LogP contribution in [0.5, 0.6) is 0 Å². The molecule has 1 aromatic heterocycles. The number of amides is 1. The predicted molar refractivity (Wildman–Crippen MR) is 139 cm³/mol. The lowest BCUT2D eigenvalue weighted by Gasteiger charge is -2.32. The van der Waals surface area contributed by atoms with Gasteiger partial charge in [-0.3, -0.25) is 9.59 Å². The van der Waals surface area contributed by atoms with Gasteiger partial charge in [-0.05, 0) is 82.0 Å². The Hall–Kier alpha value is -2.82. The molecule has 0 aliphatic carbocycles. The Bertz CT molecular complexity index is 1470. The Morgan fingerprint density at radius 1 is 1.14 bits per heavy atom. The zero-order chi connectivity index (χ0) is 26.0. The molecule has 36 heavy (non-hydrogen) atoms. The molecule has 1 unspecified atom stereocenters. The van der Waals surface area contributed by atoms with Gasteiger partial charge in [0.25, 0.3) is 5.91 Å². The van der Waals surface area contributed by atoms with Crippen molar-refractivity contribution < 1.29 is 22.7 Å². The van der Waals surface area contributed by atoms with Crippen LogP contribution in [-0.2, 0) is 26.1 Å². The molecule has 3 aromatic rings. The van der Waals surface area contributed by atoms with E-state index in [9.17, 15) is 18.0 Å². The highest BCUT2D eigenvalue weighted by atomic mass is 32.2. The Labute approximate surface area is 215 Å². The fraction of sp³-hybridized carbons (Fsp3) is 0.423. The maximum absolute atomic E-state index is 13.1. The van der Waals surface area contributed by atoms with Gasteiger partial charge in [0.1, 0.15) is 6.54 Å². The molecular weight excluding hydrogens is 498 g/mol. The van der Waals surface area contributed by atoms with Crippen molar-refractivity contribution in [2.24, 2.45) is 4.99 Å². The molecule has 4 rings (SSSR count). The number of thiazole rings is 1. The average Bonchev–Trinajstić information content (AvgIpc) is 3.15. The molecule has 2 aromatic carbocycles. The van der Waals surface area contributed by atoms with Crippen LogP contribution in [0.15, 0.2) is 46.3 Å². The topological polar surface area (TPSA) is 98.0 Å². The van der Waals surface area contributed by atoms with E-state index in [1.165, 1.54) is 39.9 Å². The number of fused-ring (bicyclic) bond motifs is 1. The number of aromatic nitrogens is 1. The molecule has 2 heterocycles. The quantitative estimate of drug-likeness (QED) is 0.446. The monoisotopic (exact) mass is 529 g/mol. The molecule has 0 spiro atoms. The standard InChI is InChI=1S/C26H31N3O5S2/c1-5-34-23(30)16-28-24-18(3)14-17(2)15-22(24)35-26(28)27-25(31)20-9-11-21(12-10-20)36(32,33)29-13-7-6-8-19(29)4/h9-12,14-15,19H,5-8,13,16H2,1-4H3. The largest absolute Gasteiger partial charge is 0.465 e. The molecule has 1 aliphatic rings. The average molecular weight is 530 g/mol. The summed E-state index contributed by atoms with van der Waals surface area (Å²) in [5.41, 5.74) is 3.15. The summed E-state index contributed by atoms with van der Waals surface area (Å²) in [5.74, 6) is -0.920. The van der Waals surface area contributed by atoms with Gasteiger partial charge in [0.2, 0.25) is 10.0 Å². The predicted octanol–water partition coefficient (Wildman–Crippen LogP) is 4.19. The third kappa shape index (κ3) is 5.30. The summed E-state index contributed by atoms with van der Waals surface area (Å²) < 4.78 is 35.5. The highest BCUT2D eigenvalue weighted by Crippen LogP contribution is 2.26. The number of hydrogen-bond donors (Lipinski definition) is 0. The summed E-state index contributed by atoms with van der Waals surface area (Å²) in [6.07, 6.45) is 2.71. The Balaban J connectivity index is 1.69. The van der Waals surface area contributed by atoms with Gasteiger partial charge in [0.05, 0.1) is 21.7 Å². The van der Waals surface area contributed by atoms with Crippen LogP contribution in [0, 0.1) is 13.8 Å². The maximum atomic E-state index is 13.1. The summed E-state index contributed by atoms with van der Waals surface area (Å²) in [4.78, 5) is 30.2. The molecule has 1 fully saturated rings. The third-order valence-electron chi connectivity index (χ3n) is 6.35. The van der Waals surface area contributed by atoms with Gasteiger partial charge in [-0.2, -0.15) is 9.30 Å². The summed E-state index contributed by atoms with van der Waals surface area (Å²) in [5, 5.41) is 0. The first-order chi connectivity index (χ1) is 17.1. The fourth-order valence-electron chi connectivity index (χ4n) is 4.64. The van der Waals surface area contributed by atoms with Gasteiger partial charge in [-0.15, -0.1) is 0 Å². The van der Waals surface area contributed by atoms with Gasteiger partial charge in [-0.1, -0.05) is 23.8 Å². The molecule has 0 radical (unpaired) electrons. The van der Waals surface area contributed by atoms with E-state index in [-0.39, 0.29) is 29.7 Å². The van der Waals surface area contributed by atoms with Crippen molar-refractivity contribution in [1.29, 1.82) is 0 Å².